The third-order valence-electron chi connectivity index (χ3n) is 13.7. The van der Waals surface area contributed by atoms with E-state index in [2.05, 4.69) is 259 Å². The van der Waals surface area contributed by atoms with Crippen molar-refractivity contribution in [3.05, 3.63) is 277 Å². The zero-order valence-corrected chi connectivity index (χ0v) is 36.1. The van der Waals surface area contributed by atoms with Gasteiger partial charge in [-0.25, -0.2) is 0 Å². The van der Waals surface area contributed by atoms with E-state index in [9.17, 15) is 0 Å². The van der Waals surface area contributed by atoms with Crippen LogP contribution in [0.4, 0.5) is 34.1 Å². The van der Waals surface area contributed by atoms with Crippen molar-refractivity contribution in [2.75, 3.05) is 9.80 Å². The van der Waals surface area contributed by atoms with E-state index in [1.165, 1.54) is 49.5 Å². The van der Waals surface area contributed by atoms with E-state index in [0.717, 1.165) is 61.4 Å². The minimum absolute atomic E-state index is 0.529. The lowest BCUT2D eigenvalue weighted by Gasteiger charge is -2.34. The van der Waals surface area contributed by atoms with Crippen molar-refractivity contribution in [2.24, 2.45) is 0 Å². The second-order valence-corrected chi connectivity index (χ2v) is 17.2. The molecular formula is C63H42N2O. The topological polar surface area (TPSA) is 19.6 Å². The molecule has 310 valence electrons. The van der Waals surface area contributed by atoms with Gasteiger partial charge in [-0.2, -0.15) is 0 Å². The highest BCUT2D eigenvalue weighted by atomic mass is 16.3. The van der Waals surface area contributed by atoms with Crippen molar-refractivity contribution in [3.63, 3.8) is 0 Å². The monoisotopic (exact) mass is 842 g/mol. The van der Waals surface area contributed by atoms with E-state index < -0.39 is 5.41 Å². The fourth-order valence-electron chi connectivity index (χ4n) is 10.9. The summed E-state index contributed by atoms with van der Waals surface area (Å²) in [6.45, 7) is 0. The molecule has 1 heterocycles. The smallest absolute Gasteiger partial charge is 0.137 e. The van der Waals surface area contributed by atoms with Gasteiger partial charge in [0.15, 0.2) is 0 Å². The summed E-state index contributed by atoms with van der Waals surface area (Å²) >= 11 is 0. The fraction of sp³-hybridized carbons (Fsp3) is 0.0159. The maximum Gasteiger partial charge on any atom is 0.137 e. The van der Waals surface area contributed by atoms with Gasteiger partial charge in [-0.05, 0) is 128 Å². The Balaban J connectivity index is 1.12. The minimum atomic E-state index is -0.529. The summed E-state index contributed by atoms with van der Waals surface area (Å²) in [6.07, 6.45) is 0. The van der Waals surface area contributed by atoms with E-state index in [1.807, 2.05) is 6.07 Å². The maximum atomic E-state index is 6.62. The predicted octanol–water partition coefficient (Wildman–Crippen LogP) is 17.2. The van der Waals surface area contributed by atoms with E-state index in [-0.39, 0.29) is 0 Å². The molecule has 0 saturated heterocycles. The van der Waals surface area contributed by atoms with Gasteiger partial charge in [0, 0.05) is 50.7 Å². The van der Waals surface area contributed by atoms with Crippen molar-refractivity contribution in [2.45, 2.75) is 5.41 Å². The molecule has 0 amide bonds. The highest BCUT2D eigenvalue weighted by Crippen LogP contribution is 2.58. The van der Waals surface area contributed by atoms with Crippen LogP contribution >= 0.6 is 0 Å². The van der Waals surface area contributed by atoms with Crippen molar-refractivity contribution in [1.82, 2.24) is 0 Å². The number of furan rings is 1. The first-order chi connectivity index (χ1) is 32.7. The summed E-state index contributed by atoms with van der Waals surface area (Å²) in [6, 6.07) is 92.6. The molecule has 3 nitrogen and oxygen atoms in total. The second-order valence-electron chi connectivity index (χ2n) is 17.2. The molecule has 0 unspecified atom stereocenters. The van der Waals surface area contributed by atoms with Crippen LogP contribution in [0.1, 0.15) is 22.3 Å². The molecule has 11 aromatic carbocycles. The number of anilines is 6. The highest BCUT2D eigenvalue weighted by Gasteiger charge is 2.46. The molecule has 0 N–H and O–H groups in total. The van der Waals surface area contributed by atoms with E-state index in [0.29, 0.717) is 0 Å². The quantitative estimate of drug-likeness (QED) is 0.142. The van der Waals surface area contributed by atoms with Crippen LogP contribution in [0.25, 0.3) is 54.6 Å². The summed E-state index contributed by atoms with van der Waals surface area (Å²) in [5, 5.41) is 6.95. The Morgan fingerprint density at radius 2 is 0.833 bits per heavy atom. The maximum absolute atomic E-state index is 6.62. The van der Waals surface area contributed by atoms with Gasteiger partial charge in [0.05, 0.1) is 11.1 Å². The third-order valence-corrected chi connectivity index (χ3v) is 13.7. The molecule has 0 spiro atoms. The number of nitrogens with zero attached hydrogens (tertiary/aromatic N) is 2. The van der Waals surface area contributed by atoms with Crippen molar-refractivity contribution in [3.8, 4) is 11.1 Å². The predicted molar refractivity (Wildman–Crippen MR) is 275 cm³/mol. The van der Waals surface area contributed by atoms with Crippen LogP contribution in [-0.2, 0) is 5.41 Å². The van der Waals surface area contributed by atoms with Gasteiger partial charge >= 0.3 is 0 Å². The summed E-state index contributed by atoms with van der Waals surface area (Å²) < 4.78 is 6.62. The first-order valence-corrected chi connectivity index (χ1v) is 22.7. The summed E-state index contributed by atoms with van der Waals surface area (Å²) in [7, 11) is 0. The zero-order chi connectivity index (χ0) is 43.6. The first-order valence-electron chi connectivity index (χ1n) is 22.7. The number of para-hydroxylation sites is 3. The van der Waals surface area contributed by atoms with Crippen LogP contribution in [0.2, 0.25) is 0 Å². The van der Waals surface area contributed by atoms with E-state index in [1.54, 1.807) is 0 Å². The standard InChI is InChI=1S/C63H42N2O/c1-5-21-44(22-6-1)63(45-23-7-2-8-24-45)58-34-17-15-32-52(58)56-41-57-55(42-59(56)63)51-31-14-13-20-43(51)38-60(57)65(50-36-37-54-53-33-16-18-35-61(53)66-62(54)40-50)49-30-19-29-48(39-49)64(46-25-9-3-10-26-46)47-27-11-4-12-28-47/h1-42H. The molecule has 1 aromatic heterocycles. The van der Waals surface area contributed by atoms with Gasteiger partial charge in [0.25, 0.3) is 0 Å². The average molecular weight is 843 g/mol. The van der Waals surface area contributed by atoms with Gasteiger partial charge in [-0.3, -0.25) is 0 Å². The normalized spacial score (nSPS) is 12.7. The van der Waals surface area contributed by atoms with Crippen molar-refractivity contribution < 1.29 is 4.42 Å². The molecule has 13 rings (SSSR count). The molecule has 0 radical (unpaired) electrons. The minimum Gasteiger partial charge on any atom is -0.456 e. The van der Waals surface area contributed by atoms with Gasteiger partial charge < -0.3 is 14.2 Å². The molecule has 66 heavy (non-hydrogen) atoms. The highest BCUT2D eigenvalue weighted by molar-refractivity contribution is 6.17. The van der Waals surface area contributed by atoms with Crippen molar-refractivity contribution >= 4 is 77.6 Å². The summed E-state index contributed by atoms with van der Waals surface area (Å²) in [4.78, 5) is 4.77. The third kappa shape index (κ3) is 5.84. The molecule has 12 aromatic rings. The summed E-state index contributed by atoms with van der Waals surface area (Å²) in [5.74, 6) is 0. The zero-order valence-electron chi connectivity index (χ0n) is 36.1. The van der Waals surface area contributed by atoms with Crippen LogP contribution in [0, 0.1) is 0 Å². The molecule has 3 heteroatoms. The molecule has 1 aliphatic carbocycles. The Labute approximate surface area is 383 Å². The molecule has 0 fully saturated rings. The number of fused-ring (bicyclic) bond motifs is 9. The average Bonchev–Trinajstić information content (AvgIpc) is 3.90. The Hall–Kier alpha value is -8.66. The van der Waals surface area contributed by atoms with Gasteiger partial charge in [-0.1, -0.05) is 170 Å². The Morgan fingerprint density at radius 3 is 1.55 bits per heavy atom. The van der Waals surface area contributed by atoms with Crippen LogP contribution in [0.5, 0.6) is 0 Å². The Bertz CT molecular complexity index is 3690. The second kappa shape index (κ2) is 15.3. The van der Waals surface area contributed by atoms with Gasteiger partial charge in [0.1, 0.15) is 11.2 Å². The number of rotatable bonds is 8. The van der Waals surface area contributed by atoms with Crippen LogP contribution in [0.15, 0.2) is 259 Å². The molecule has 1 aliphatic rings. The number of benzene rings is 11. The van der Waals surface area contributed by atoms with Gasteiger partial charge in [0.2, 0.25) is 0 Å². The van der Waals surface area contributed by atoms with Crippen LogP contribution in [-0.4, -0.2) is 0 Å². The summed E-state index contributed by atoms with van der Waals surface area (Å²) in [5.41, 5.74) is 15.1. The number of hydrogen-bond donors (Lipinski definition) is 0. The lowest BCUT2D eigenvalue weighted by atomic mass is 9.67. The van der Waals surface area contributed by atoms with E-state index >= 15 is 0 Å². The lowest BCUT2D eigenvalue weighted by molar-refractivity contribution is 0.669. The van der Waals surface area contributed by atoms with Crippen molar-refractivity contribution in [1.29, 1.82) is 0 Å². The Kier molecular flexibility index (Phi) is 8.75. The van der Waals surface area contributed by atoms with Crippen LogP contribution < -0.4 is 9.80 Å². The number of hydrogen-bond acceptors (Lipinski definition) is 3. The largest absolute Gasteiger partial charge is 0.456 e. The van der Waals surface area contributed by atoms with Crippen LogP contribution in [0.3, 0.4) is 0 Å². The van der Waals surface area contributed by atoms with E-state index in [4.69, 9.17) is 4.42 Å². The molecule has 0 bridgehead atoms. The molecule has 0 aliphatic heterocycles. The molecule has 0 atom stereocenters. The fourth-order valence-corrected chi connectivity index (χ4v) is 10.9. The lowest BCUT2D eigenvalue weighted by Crippen LogP contribution is -2.28. The first kappa shape index (κ1) is 37.9. The molecule has 0 saturated carbocycles. The Morgan fingerprint density at radius 1 is 0.288 bits per heavy atom. The SMILES string of the molecule is c1ccc(N(c2ccccc2)c2cccc(N(c3ccc4c(c3)oc3ccccc34)c3cc4ccccc4c4cc5c(cc34)-c3ccccc3C5(c3ccccc3)c3ccccc3)c2)cc1. The molecular weight excluding hydrogens is 801 g/mol. The van der Waals surface area contributed by atoms with Gasteiger partial charge in [-0.15, -0.1) is 0 Å².